The molecule has 20 heavy (non-hydrogen) atoms. The van der Waals surface area contributed by atoms with Gasteiger partial charge in [-0.15, -0.1) is 0 Å². The van der Waals surface area contributed by atoms with E-state index in [-0.39, 0.29) is 6.79 Å². The fraction of sp³-hybridized carbons (Fsp3) is 0.200. The van der Waals surface area contributed by atoms with Crippen LogP contribution in [0, 0.1) is 0 Å². The van der Waals surface area contributed by atoms with E-state index in [0.29, 0.717) is 29.7 Å². The second-order valence-corrected chi connectivity index (χ2v) is 4.96. The number of ether oxygens (including phenoxy) is 3. The molecule has 104 valence electrons. The Kier molecular flexibility index (Phi) is 3.67. The largest absolute Gasteiger partial charge is 0.489 e. The average molecular weight is 292 g/mol. The Labute approximate surface area is 122 Å². The lowest BCUT2D eigenvalue weighted by molar-refractivity contribution is -0.0175. The van der Waals surface area contributed by atoms with Gasteiger partial charge in [-0.2, -0.15) is 0 Å². The first-order valence-corrected chi connectivity index (χ1v) is 6.60. The van der Waals surface area contributed by atoms with Gasteiger partial charge in [0, 0.05) is 27.9 Å². The van der Waals surface area contributed by atoms with E-state index in [1.54, 1.807) is 6.07 Å². The number of hydrogen-bond donors (Lipinski definition) is 1. The molecule has 2 N–H and O–H groups in total. The number of benzene rings is 2. The van der Waals surface area contributed by atoms with Crippen LogP contribution in [0.2, 0.25) is 5.02 Å². The number of anilines is 1. The summed E-state index contributed by atoms with van der Waals surface area (Å²) in [5, 5.41) is 0.643. The van der Waals surface area contributed by atoms with Gasteiger partial charge in [-0.1, -0.05) is 17.7 Å². The van der Waals surface area contributed by atoms with E-state index in [2.05, 4.69) is 0 Å². The highest BCUT2D eigenvalue weighted by Gasteiger charge is 2.16. The summed E-state index contributed by atoms with van der Waals surface area (Å²) in [6, 6.07) is 11.0. The van der Waals surface area contributed by atoms with E-state index >= 15 is 0 Å². The van der Waals surface area contributed by atoms with Crippen LogP contribution in [0.3, 0.4) is 0 Å². The van der Waals surface area contributed by atoms with Crippen molar-refractivity contribution in [3.8, 4) is 11.5 Å². The Morgan fingerprint density at radius 1 is 1.25 bits per heavy atom. The van der Waals surface area contributed by atoms with Gasteiger partial charge in [0.05, 0.1) is 6.61 Å². The summed E-state index contributed by atoms with van der Waals surface area (Å²) < 4.78 is 16.5. The minimum atomic E-state index is 0.250. The van der Waals surface area contributed by atoms with Crippen LogP contribution in [0.1, 0.15) is 11.1 Å². The van der Waals surface area contributed by atoms with Crippen LogP contribution >= 0.6 is 11.6 Å². The molecule has 2 aromatic carbocycles. The fourth-order valence-corrected chi connectivity index (χ4v) is 2.39. The molecule has 0 saturated heterocycles. The Morgan fingerprint density at radius 2 is 2.15 bits per heavy atom. The van der Waals surface area contributed by atoms with Crippen LogP contribution in [0.25, 0.3) is 0 Å². The lowest BCUT2D eigenvalue weighted by Crippen LogP contribution is -2.14. The van der Waals surface area contributed by atoms with Gasteiger partial charge in [-0.3, -0.25) is 0 Å². The van der Waals surface area contributed by atoms with Crippen molar-refractivity contribution in [2.75, 3.05) is 12.5 Å². The molecule has 2 aromatic rings. The van der Waals surface area contributed by atoms with Crippen molar-refractivity contribution >= 4 is 17.3 Å². The predicted octanol–water partition coefficient (Wildman–Crippen LogP) is 3.37. The molecule has 1 aliphatic heterocycles. The first-order valence-electron chi connectivity index (χ1n) is 6.22. The number of nitrogen functional groups attached to an aromatic ring is 1. The predicted molar refractivity (Wildman–Crippen MR) is 76.9 cm³/mol. The van der Waals surface area contributed by atoms with Crippen LogP contribution in [0.4, 0.5) is 5.69 Å². The maximum atomic E-state index is 6.10. The number of nitrogens with two attached hydrogens (primary N) is 1. The molecule has 0 atom stereocenters. The first kappa shape index (κ1) is 13.1. The van der Waals surface area contributed by atoms with Crippen LogP contribution in [0.5, 0.6) is 11.5 Å². The average Bonchev–Trinajstić information content (AvgIpc) is 2.44. The highest BCUT2D eigenvalue weighted by molar-refractivity contribution is 6.30. The summed E-state index contributed by atoms with van der Waals surface area (Å²) in [6.07, 6.45) is 0. The van der Waals surface area contributed by atoms with Gasteiger partial charge < -0.3 is 19.9 Å². The number of rotatable bonds is 3. The van der Waals surface area contributed by atoms with Crippen molar-refractivity contribution in [2.24, 2.45) is 0 Å². The molecule has 1 aliphatic rings. The Hall–Kier alpha value is -1.91. The zero-order chi connectivity index (χ0) is 13.9. The summed E-state index contributed by atoms with van der Waals surface area (Å²) in [7, 11) is 0. The minimum Gasteiger partial charge on any atom is -0.489 e. The molecule has 0 bridgehead atoms. The quantitative estimate of drug-likeness (QED) is 0.881. The smallest absolute Gasteiger partial charge is 0.189 e. The van der Waals surface area contributed by atoms with Crippen molar-refractivity contribution in [1.29, 1.82) is 0 Å². The summed E-state index contributed by atoms with van der Waals surface area (Å²) in [5.74, 6) is 1.51. The molecule has 0 radical (unpaired) electrons. The molecule has 0 aromatic heterocycles. The van der Waals surface area contributed by atoms with Crippen molar-refractivity contribution < 1.29 is 14.2 Å². The van der Waals surface area contributed by atoms with Gasteiger partial charge in [0.25, 0.3) is 0 Å². The second-order valence-electron chi connectivity index (χ2n) is 4.52. The topological polar surface area (TPSA) is 53.7 Å². The summed E-state index contributed by atoms with van der Waals surface area (Å²) >= 11 is 6.10. The molecule has 1 heterocycles. The molecule has 0 fully saturated rings. The molecule has 4 nitrogen and oxygen atoms in total. The molecule has 0 spiro atoms. The summed E-state index contributed by atoms with van der Waals surface area (Å²) in [6.45, 7) is 1.12. The molecule has 3 rings (SSSR count). The maximum Gasteiger partial charge on any atom is 0.189 e. The van der Waals surface area contributed by atoms with Crippen molar-refractivity contribution in [2.45, 2.75) is 13.2 Å². The third-order valence-electron chi connectivity index (χ3n) is 3.00. The molecule has 0 unspecified atom stereocenters. The van der Waals surface area contributed by atoms with Gasteiger partial charge in [0.15, 0.2) is 6.79 Å². The van der Waals surface area contributed by atoms with E-state index in [0.717, 1.165) is 16.9 Å². The molecular weight excluding hydrogens is 278 g/mol. The van der Waals surface area contributed by atoms with E-state index in [9.17, 15) is 0 Å². The van der Waals surface area contributed by atoms with Gasteiger partial charge in [0.2, 0.25) is 0 Å². The van der Waals surface area contributed by atoms with E-state index in [4.69, 9.17) is 31.5 Å². The third-order valence-corrected chi connectivity index (χ3v) is 3.22. The molecule has 5 heteroatoms. The van der Waals surface area contributed by atoms with E-state index in [1.165, 1.54) is 0 Å². The third kappa shape index (κ3) is 2.81. The second kappa shape index (κ2) is 5.61. The maximum absolute atomic E-state index is 6.10. The normalized spacial score (nSPS) is 13.4. The van der Waals surface area contributed by atoms with Crippen LogP contribution in [-0.4, -0.2) is 6.79 Å². The van der Waals surface area contributed by atoms with Crippen molar-refractivity contribution in [1.82, 2.24) is 0 Å². The fourth-order valence-electron chi connectivity index (χ4n) is 2.13. The summed E-state index contributed by atoms with van der Waals surface area (Å²) in [5.41, 5.74) is 8.23. The highest BCUT2D eigenvalue weighted by atomic mass is 35.5. The lowest BCUT2D eigenvalue weighted by atomic mass is 10.1. The van der Waals surface area contributed by atoms with Crippen molar-refractivity contribution in [3.63, 3.8) is 0 Å². The van der Waals surface area contributed by atoms with E-state index < -0.39 is 0 Å². The summed E-state index contributed by atoms with van der Waals surface area (Å²) in [4.78, 5) is 0. The van der Waals surface area contributed by atoms with Crippen LogP contribution in [0.15, 0.2) is 36.4 Å². The van der Waals surface area contributed by atoms with Crippen molar-refractivity contribution in [3.05, 3.63) is 52.5 Å². The molecule has 0 aliphatic carbocycles. The minimum absolute atomic E-state index is 0.250. The zero-order valence-electron chi connectivity index (χ0n) is 10.8. The number of halogens is 1. The Bertz CT molecular complexity index is 631. The molecular formula is C15H14ClNO3. The van der Waals surface area contributed by atoms with Gasteiger partial charge in [-0.05, 0) is 24.3 Å². The number of fused-ring (bicyclic) bond motifs is 1. The Morgan fingerprint density at radius 3 is 3.00 bits per heavy atom. The van der Waals surface area contributed by atoms with Gasteiger partial charge in [0.1, 0.15) is 18.1 Å². The lowest BCUT2D eigenvalue weighted by Gasteiger charge is -2.21. The first-order chi connectivity index (χ1) is 9.72. The number of hydrogen-bond acceptors (Lipinski definition) is 4. The monoisotopic (exact) mass is 291 g/mol. The Balaban J connectivity index is 1.82. The van der Waals surface area contributed by atoms with Crippen LogP contribution < -0.4 is 15.2 Å². The molecule has 0 amide bonds. The molecule has 0 saturated carbocycles. The zero-order valence-corrected chi connectivity index (χ0v) is 11.5. The van der Waals surface area contributed by atoms with Gasteiger partial charge >= 0.3 is 0 Å². The highest BCUT2D eigenvalue weighted by Crippen LogP contribution is 2.32. The standard InChI is InChI=1S/C15H14ClNO3/c16-12-4-10-7-18-9-20-15(10)11(5-12)8-19-14-3-1-2-13(17)6-14/h1-6H,7-9,17H2. The van der Waals surface area contributed by atoms with E-state index in [1.807, 2.05) is 30.3 Å². The SMILES string of the molecule is Nc1cccc(OCc2cc(Cl)cc3c2OCOC3)c1. The van der Waals surface area contributed by atoms with Gasteiger partial charge in [-0.25, -0.2) is 0 Å². The van der Waals surface area contributed by atoms with Crippen LogP contribution in [-0.2, 0) is 18.0 Å².